The van der Waals surface area contributed by atoms with E-state index in [2.05, 4.69) is 0 Å². The van der Waals surface area contributed by atoms with Gasteiger partial charge in [0.05, 0.1) is 22.7 Å². The standard InChI is InChI=1S/C14H20O4S/c1-4-14(16)13(11(3)15)9-19(17,18)12-7-5-10(2)6-8-12/h5-8,11,13,15H,4,9H2,1-3H3/t11-,13+/m0/s1. The van der Waals surface area contributed by atoms with Crippen molar-refractivity contribution in [2.24, 2.45) is 5.92 Å². The molecule has 0 amide bonds. The molecule has 1 aromatic carbocycles. The molecule has 4 nitrogen and oxygen atoms in total. The first kappa shape index (κ1) is 15.9. The lowest BCUT2D eigenvalue weighted by Crippen LogP contribution is -2.32. The van der Waals surface area contributed by atoms with Crippen LogP contribution in [0.5, 0.6) is 0 Å². The summed E-state index contributed by atoms with van der Waals surface area (Å²) in [6.07, 6.45) is -0.744. The van der Waals surface area contributed by atoms with E-state index in [1.165, 1.54) is 19.1 Å². The van der Waals surface area contributed by atoms with Gasteiger partial charge in [0, 0.05) is 6.42 Å². The molecule has 19 heavy (non-hydrogen) atoms. The molecule has 1 N–H and O–H groups in total. The first-order valence-electron chi connectivity index (χ1n) is 6.28. The Morgan fingerprint density at radius 1 is 1.26 bits per heavy atom. The van der Waals surface area contributed by atoms with Crippen molar-refractivity contribution < 1.29 is 18.3 Å². The number of hydrogen-bond donors (Lipinski definition) is 1. The van der Waals surface area contributed by atoms with Crippen LogP contribution < -0.4 is 0 Å². The van der Waals surface area contributed by atoms with Crippen LogP contribution in [0, 0.1) is 12.8 Å². The first-order valence-corrected chi connectivity index (χ1v) is 7.93. The molecule has 5 heteroatoms. The minimum atomic E-state index is -3.56. The number of ketones is 1. The molecule has 106 valence electrons. The number of Topliss-reactive ketones (excluding diaryl/α,β-unsaturated/α-hetero) is 1. The Bertz CT molecular complexity index is 529. The third-order valence-electron chi connectivity index (χ3n) is 3.12. The molecule has 0 aromatic heterocycles. The van der Waals surface area contributed by atoms with Crippen LogP contribution >= 0.6 is 0 Å². The van der Waals surface area contributed by atoms with Gasteiger partial charge in [-0.3, -0.25) is 4.79 Å². The van der Waals surface area contributed by atoms with Crippen molar-refractivity contribution in [3.8, 4) is 0 Å². The number of carbonyl (C=O) groups is 1. The second kappa shape index (κ2) is 6.30. The summed E-state index contributed by atoms with van der Waals surface area (Å²) >= 11 is 0. The number of rotatable bonds is 6. The molecule has 1 rings (SSSR count). The van der Waals surface area contributed by atoms with Crippen molar-refractivity contribution in [2.45, 2.75) is 38.2 Å². The van der Waals surface area contributed by atoms with E-state index in [0.29, 0.717) is 0 Å². The molecule has 0 aliphatic heterocycles. The largest absolute Gasteiger partial charge is 0.393 e. The van der Waals surface area contributed by atoms with Gasteiger partial charge in [0.25, 0.3) is 0 Å². The van der Waals surface area contributed by atoms with Crippen molar-refractivity contribution >= 4 is 15.6 Å². The number of sulfone groups is 1. The van der Waals surface area contributed by atoms with Gasteiger partial charge in [-0.05, 0) is 26.0 Å². The molecule has 0 heterocycles. The van der Waals surface area contributed by atoms with Crippen LogP contribution in [0.4, 0.5) is 0 Å². The molecule has 0 unspecified atom stereocenters. The molecule has 0 bridgehead atoms. The lowest BCUT2D eigenvalue weighted by molar-refractivity contribution is -0.124. The summed E-state index contributed by atoms with van der Waals surface area (Å²) in [5, 5.41) is 9.58. The first-order chi connectivity index (χ1) is 8.77. The second-order valence-electron chi connectivity index (χ2n) is 4.76. The Balaban J connectivity index is 3.00. The summed E-state index contributed by atoms with van der Waals surface area (Å²) in [6, 6.07) is 6.48. The summed E-state index contributed by atoms with van der Waals surface area (Å²) in [7, 11) is -3.56. The fourth-order valence-electron chi connectivity index (χ4n) is 1.84. The monoisotopic (exact) mass is 284 g/mol. The zero-order chi connectivity index (χ0) is 14.6. The lowest BCUT2D eigenvalue weighted by Gasteiger charge is -2.18. The summed E-state index contributed by atoms with van der Waals surface area (Å²) in [5.41, 5.74) is 0.968. The minimum absolute atomic E-state index is 0.188. The van der Waals surface area contributed by atoms with Gasteiger partial charge in [0.2, 0.25) is 0 Å². The number of carbonyl (C=O) groups excluding carboxylic acids is 1. The molecule has 2 atom stereocenters. The van der Waals surface area contributed by atoms with E-state index in [-0.39, 0.29) is 22.9 Å². The van der Waals surface area contributed by atoms with Crippen LogP contribution in [-0.4, -0.2) is 31.2 Å². The summed E-state index contributed by atoms with van der Waals surface area (Å²) in [4.78, 5) is 11.9. The number of hydrogen-bond acceptors (Lipinski definition) is 4. The van der Waals surface area contributed by atoms with Crippen LogP contribution in [0.3, 0.4) is 0 Å². The molecule has 0 fully saturated rings. The molecule has 0 aliphatic carbocycles. The number of aliphatic hydroxyl groups excluding tert-OH is 1. The van der Waals surface area contributed by atoms with Crippen LogP contribution in [0.2, 0.25) is 0 Å². The van der Waals surface area contributed by atoms with Crippen molar-refractivity contribution in [3.05, 3.63) is 29.8 Å². The van der Waals surface area contributed by atoms with Crippen molar-refractivity contribution in [2.75, 3.05) is 5.75 Å². The van der Waals surface area contributed by atoms with E-state index in [9.17, 15) is 18.3 Å². The number of aliphatic hydroxyl groups is 1. The highest BCUT2D eigenvalue weighted by Gasteiger charge is 2.29. The third kappa shape index (κ3) is 4.14. The van der Waals surface area contributed by atoms with E-state index in [1.807, 2.05) is 6.92 Å². The van der Waals surface area contributed by atoms with Crippen molar-refractivity contribution in [1.29, 1.82) is 0 Å². The minimum Gasteiger partial charge on any atom is -0.393 e. The maximum absolute atomic E-state index is 12.2. The predicted molar refractivity (Wildman–Crippen MR) is 73.7 cm³/mol. The lowest BCUT2D eigenvalue weighted by atomic mass is 9.99. The second-order valence-corrected chi connectivity index (χ2v) is 6.80. The molecule has 0 radical (unpaired) electrons. The molecule has 0 spiro atoms. The van der Waals surface area contributed by atoms with Gasteiger partial charge in [0.1, 0.15) is 5.78 Å². The van der Waals surface area contributed by atoms with Gasteiger partial charge in [-0.25, -0.2) is 8.42 Å². The maximum atomic E-state index is 12.2. The van der Waals surface area contributed by atoms with Crippen LogP contribution in [0.15, 0.2) is 29.2 Å². The zero-order valence-electron chi connectivity index (χ0n) is 11.5. The molecular weight excluding hydrogens is 264 g/mol. The van der Waals surface area contributed by atoms with Gasteiger partial charge in [0.15, 0.2) is 9.84 Å². The van der Waals surface area contributed by atoms with Gasteiger partial charge in [-0.2, -0.15) is 0 Å². The van der Waals surface area contributed by atoms with E-state index in [0.717, 1.165) is 5.56 Å². The smallest absolute Gasteiger partial charge is 0.179 e. The maximum Gasteiger partial charge on any atom is 0.179 e. The summed E-state index contributed by atoms with van der Waals surface area (Å²) in [5.74, 6) is -1.44. The normalized spacial score (nSPS) is 14.9. The fraction of sp³-hybridized carbons (Fsp3) is 0.500. The van der Waals surface area contributed by atoms with E-state index in [4.69, 9.17) is 0 Å². The topological polar surface area (TPSA) is 71.4 Å². The average molecular weight is 284 g/mol. The molecule has 0 aliphatic rings. The van der Waals surface area contributed by atoms with Gasteiger partial charge in [-0.15, -0.1) is 0 Å². The van der Waals surface area contributed by atoms with E-state index < -0.39 is 21.9 Å². The highest BCUT2D eigenvalue weighted by atomic mass is 32.2. The van der Waals surface area contributed by atoms with Crippen LogP contribution in [-0.2, 0) is 14.6 Å². The predicted octanol–water partition coefficient (Wildman–Crippen LogP) is 1.74. The van der Waals surface area contributed by atoms with E-state index >= 15 is 0 Å². The van der Waals surface area contributed by atoms with Gasteiger partial charge in [-0.1, -0.05) is 24.6 Å². The van der Waals surface area contributed by atoms with Crippen LogP contribution in [0.1, 0.15) is 25.8 Å². The summed E-state index contributed by atoms with van der Waals surface area (Å²) < 4.78 is 24.4. The number of aryl methyl sites for hydroxylation is 1. The van der Waals surface area contributed by atoms with Crippen molar-refractivity contribution in [3.63, 3.8) is 0 Å². The quantitative estimate of drug-likeness (QED) is 0.863. The average Bonchev–Trinajstić information content (AvgIpc) is 2.35. The zero-order valence-corrected chi connectivity index (χ0v) is 12.3. The Kier molecular flexibility index (Phi) is 5.26. The Morgan fingerprint density at radius 2 is 1.79 bits per heavy atom. The van der Waals surface area contributed by atoms with Gasteiger partial charge >= 0.3 is 0 Å². The molecule has 1 aromatic rings. The third-order valence-corrected chi connectivity index (χ3v) is 4.91. The molecular formula is C14H20O4S. The van der Waals surface area contributed by atoms with E-state index in [1.54, 1.807) is 19.1 Å². The Morgan fingerprint density at radius 3 is 2.21 bits per heavy atom. The molecule has 0 saturated carbocycles. The Labute approximate surface area is 114 Å². The van der Waals surface area contributed by atoms with Gasteiger partial charge < -0.3 is 5.11 Å². The number of benzene rings is 1. The fourth-order valence-corrected chi connectivity index (χ4v) is 3.52. The highest BCUT2D eigenvalue weighted by Crippen LogP contribution is 2.18. The summed E-state index contributed by atoms with van der Waals surface area (Å²) in [6.45, 7) is 4.98. The Hall–Kier alpha value is -1.20. The molecule has 0 saturated heterocycles. The SMILES string of the molecule is CCC(=O)[C@H](CS(=O)(=O)c1ccc(C)cc1)[C@H](C)O. The highest BCUT2D eigenvalue weighted by molar-refractivity contribution is 7.91. The van der Waals surface area contributed by atoms with Crippen molar-refractivity contribution in [1.82, 2.24) is 0 Å². The van der Waals surface area contributed by atoms with Crippen LogP contribution in [0.25, 0.3) is 0 Å².